The zero-order valence-electron chi connectivity index (χ0n) is 21.7. The molecule has 1 unspecified atom stereocenters. The van der Waals surface area contributed by atoms with Gasteiger partial charge >= 0.3 is 18.3 Å². The van der Waals surface area contributed by atoms with E-state index >= 15 is 0 Å². The van der Waals surface area contributed by atoms with Gasteiger partial charge in [-0.1, -0.05) is 24.3 Å². The lowest BCUT2D eigenvalue weighted by Crippen LogP contribution is -2.26. The highest BCUT2D eigenvalue weighted by molar-refractivity contribution is 5.94. The molecular weight excluding hydrogens is 552 g/mol. The second-order valence-electron chi connectivity index (χ2n) is 9.58. The van der Waals surface area contributed by atoms with Crippen molar-refractivity contribution in [3.63, 3.8) is 0 Å². The largest absolute Gasteiger partial charge is 0.481 e. The quantitative estimate of drug-likeness (QED) is 0.207. The molecule has 0 spiro atoms. The van der Waals surface area contributed by atoms with Crippen LogP contribution >= 0.6 is 0 Å². The average Bonchev–Trinajstić information content (AvgIpc) is 3.30. The highest BCUT2D eigenvalue weighted by Gasteiger charge is 2.31. The first kappa shape index (κ1) is 29.6. The molecule has 216 valence electrons. The Hall–Kier alpha value is -4.35. The van der Waals surface area contributed by atoms with Gasteiger partial charge in [0.15, 0.2) is 0 Å². The lowest BCUT2D eigenvalue weighted by atomic mass is 9.97. The summed E-state index contributed by atoms with van der Waals surface area (Å²) in [5.41, 5.74) is 2.10. The van der Waals surface area contributed by atoms with E-state index in [0.29, 0.717) is 33.2 Å². The number of hydrogen-bond donors (Lipinski definition) is 2. The topological polar surface area (TPSA) is 84.2 Å². The fourth-order valence-corrected chi connectivity index (χ4v) is 4.61. The van der Waals surface area contributed by atoms with Crippen LogP contribution in [0.2, 0.25) is 0 Å². The van der Waals surface area contributed by atoms with Crippen LogP contribution in [0, 0.1) is 6.92 Å². The second-order valence-corrected chi connectivity index (χ2v) is 9.58. The molecule has 0 aliphatic rings. The Balaban J connectivity index is 1.65. The standard InChI is InChI=1S/C29H25F6N3O3/c1-17-14-22(29(33,34)35)7-8-23(17)20-6-9-24-21(15-20)16-37-38(24)25(10-12-28(30,31)32)18-2-4-19(5-3-18)27(41)36-13-11-26(39)40/h2-9,14-16,25H,10-13H2,1H3,(H,36,41)(H,39,40). The van der Waals surface area contributed by atoms with E-state index in [1.807, 2.05) is 0 Å². The third-order valence-corrected chi connectivity index (χ3v) is 6.64. The number of benzene rings is 3. The summed E-state index contributed by atoms with van der Waals surface area (Å²) >= 11 is 0. The molecule has 4 aromatic rings. The molecule has 1 aromatic heterocycles. The van der Waals surface area contributed by atoms with Gasteiger partial charge in [0.1, 0.15) is 0 Å². The molecule has 3 aromatic carbocycles. The van der Waals surface area contributed by atoms with Crippen molar-refractivity contribution in [3.05, 3.63) is 89.1 Å². The number of nitrogens with zero attached hydrogens (tertiary/aromatic N) is 2. The van der Waals surface area contributed by atoms with Gasteiger partial charge in [-0.2, -0.15) is 31.4 Å². The van der Waals surface area contributed by atoms with Crippen molar-refractivity contribution < 1.29 is 41.0 Å². The maximum Gasteiger partial charge on any atom is 0.416 e. The number of halogens is 6. The van der Waals surface area contributed by atoms with Crippen LogP contribution in [-0.4, -0.2) is 39.5 Å². The number of rotatable bonds is 9. The van der Waals surface area contributed by atoms with Gasteiger partial charge < -0.3 is 10.4 Å². The number of hydrogen-bond acceptors (Lipinski definition) is 3. The Labute approximate surface area is 230 Å². The number of aliphatic carboxylic acids is 1. The number of fused-ring (bicyclic) bond motifs is 1. The van der Waals surface area contributed by atoms with Crippen molar-refractivity contribution in [1.29, 1.82) is 0 Å². The minimum Gasteiger partial charge on any atom is -0.481 e. The normalized spacial score (nSPS) is 12.9. The minimum absolute atomic E-state index is 0.0720. The summed E-state index contributed by atoms with van der Waals surface area (Å²) in [6.07, 6.45) is -9.07. The Morgan fingerprint density at radius 3 is 2.29 bits per heavy atom. The van der Waals surface area contributed by atoms with E-state index in [-0.39, 0.29) is 24.9 Å². The molecule has 0 radical (unpaired) electrons. The predicted molar refractivity (Wildman–Crippen MR) is 139 cm³/mol. The molecule has 12 heteroatoms. The van der Waals surface area contributed by atoms with Crippen molar-refractivity contribution in [2.75, 3.05) is 6.54 Å². The summed E-state index contributed by atoms with van der Waals surface area (Å²) in [7, 11) is 0. The van der Waals surface area contributed by atoms with Crippen molar-refractivity contribution in [2.24, 2.45) is 0 Å². The van der Waals surface area contributed by atoms with E-state index in [1.165, 1.54) is 41.2 Å². The van der Waals surface area contributed by atoms with Crippen LogP contribution in [0.4, 0.5) is 26.3 Å². The third kappa shape index (κ3) is 7.24. The first-order chi connectivity index (χ1) is 19.2. The van der Waals surface area contributed by atoms with Gasteiger partial charge in [0, 0.05) is 23.9 Å². The fourth-order valence-electron chi connectivity index (χ4n) is 4.61. The van der Waals surface area contributed by atoms with E-state index in [0.717, 1.165) is 12.1 Å². The number of carboxylic acids is 1. The van der Waals surface area contributed by atoms with Gasteiger partial charge in [-0.05, 0) is 72.0 Å². The number of carboxylic acid groups (broad SMARTS) is 1. The first-order valence-electron chi connectivity index (χ1n) is 12.5. The highest BCUT2D eigenvalue weighted by atomic mass is 19.4. The van der Waals surface area contributed by atoms with Crippen LogP contribution in [0.15, 0.2) is 66.9 Å². The van der Waals surface area contributed by atoms with E-state index in [9.17, 15) is 35.9 Å². The zero-order chi connectivity index (χ0) is 29.9. The molecule has 2 N–H and O–H groups in total. The van der Waals surface area contributed by atoms with Gasteiger partial charge in [0.25, 0.3) is 5.91 Å². The summed E-state index contributed by atoms with van der Waals surface area (Å²) in [4.78, 5) is 22.9. The van der Waals surface area contributed by atoms with Crippen molar-refractivity contribution >= 4 is 22.8 Å². The maximum atomic E-state index is 13.2. The molecule has 0 bridgehead atoms. The summed E-state index contributed by atoms with van der Waals surface area (Å²) in [6.45, 7) is 1.50. The van der Waals surface area contributed by atoms with E-state index < -0.39 is 42.3 Å². The smallest absolute Gasteiger partial charge is 0.416 e. The number of amides is 1. The SMILES string of the molecule is Cc1cc(C(F)(F)F)ccc1-c1ccc2c(cnn2C(CCC(F)(F)F)c2ccc(C(=O)NCCC(=O)O)cc2)c1. The number of alkyl halides is 6. The highest BCUT2D eigenvalue weighted by Crippen LogP contribution is 2.36. The van der Waals surface area contributed by atoms with E-state index in [4.69, 9.17) is 5.11 Å². The molecule has 1 amide bonds. The predicted octanol–water partition coefficient (Wildman–Crippen LogP) is 7.17. The molecule has 6 nitrogen and oxygen atoms in total. The summed E-state index contributed by atoms with van der Waals surface area (Å²) in [5.74, 6) is -1.58. The number of aromatic nitrogens is 2. The Bertz CT molecular complexity index is 1560. The Morgan fingerprint density at radius 2 is 1.68 bits per heavy atom. The molecule has 0 aliphatic heterocycles. The zero-order valence-corrected chi connectivity index (χ0v) is 21.7. The number of aryl methyl sites for hydroxylation is 1. The fraction of sp³-hybridized carbons (Fsp3) is 0.276. The van der Waals surface area contributed by atoms with Crippen LogP contribution in [0.5, 0.6) is 0 Å². The number of carbonyl (C=O) groups is 2. The minimum atomic E-state index is -4.47. The second kappa shape index (κ2) is 11.6. The molecule has 0 saturated carbocycles. The monoisotopic (exact) mass is 577 g/mol. The van der Waals surface area contributed by atoms with Crippen LogP contribution < -0.4 is 5.32 Å². The van der Waals surface area contributed by atoms with Gasteiger partial charge in [0.2, 0.25) is 0 Å². The maximum absolute atomic E-state index is 13.2. The first-order valence-corrected chi connectivity index (χ1v) is 12.5. The van der Waals surface area contributed by atoms with Crippen LogP contribution in [0.3, 0.4) is 0 Å². The lowest BCUT2D eigenvalue weighted by Gasteiger charge is -2.21. The number of nitrogens with one attached hydrogen (secondary N) is 1. The molecule has 1 atom stereocenters. The molecule has 0 saturated heterocycles. The van der Waals surface area contributed by atoms with Crippen LogP contribution in [0.25, 0.3) is 22.0 Å². The van der Waals surface area contributed by atoms with Gasteiger partial charge in [-0.15, -0.1) is 0 Å². The molecular formula is C29H25F6N3O3. The molecule has 1 heterocycles. The van der Waals surface area contributed by atoms with E-state index in [1.54, 1.807) is 25.1 Å². The summed E-state index contributed by atoms with van der Waals surface area (Å²) in [6, 6.07) is 13.6. The lowest BCUT2D eigenvalue weighted by molar-refractivity contribution is -0.138. The van der Waals surface area contributed by atoms with Gasteiger partial charge in [-0.3, -0.25) is 14.3 Å². The van der Waals surface area contributed by atoms with Crippen molar-refractivity contribution in [2.45, 2.75) is 44.6 Å². The Morgan fingerprint density at radius 1 is 0.976 bits per heavy atom. The van der Waals surface area contributed by atoms with Crippen molar-refractivity contribution in [3.8, 4) is 11.1 Å². The summed E-state index contributed by atoms with van der Waals surface area (Å²) in [5, 5.41) is 16.1. The van der Waals surface area contributed by atoms with Crippen LogP contribution in [0.1, 0.15) is 52.4 Å². The van der Waals surface area contributed by atoms with Gasteiger partial charge in [-0.25, -0.2) is 0 Å². The van der Waals surface area contributed by atoms with E-state index in [2.05, 4.69) is 10.4 Å². The molecule has 41 heavy (non-hydrogen) atoms. The van der Waals surface area contributed by atoms with Gasteiger partial charge in [0.05, 0.1) is 29.7 Å². The van der Waals surface area contributed by atoms with Crippen LogP contribution in [-0.2, 0) is 11.0 Å². The molecule has 0 fully saturated rings. The average molecular weight is 578 g/mol. The van der Waals surface area contributed by atoms with Crippen molar-refractivity contribution in [1.82, 2.24) is 15.1 Å². The molecule has 0 aliphatic carbocycles. The Kier molecular flexibility index (Phi) is 8.41. The third-order valence-electron chi connectivity index (χ3n) is 6.64. The summed E-state index contributed by atoms with van der Waals surface area (Å²) < 4.78 is 80.4. The molecule has 4 rings (SSSR count). The number of carbonyl (C=O) groups excluding carboxylic acids is 1.